The van der Waals surface area contributed by atoms with Crippen LogP contribution in [0.15, 0.2) is 41.6 Å². The molecule has 2 N–H and O–H groups in total. The molecule has 2 rings (SSSR count). The molecule has 0 saturated carbocycles. The van der Waals surface area contributed by atoms with E-state index in [1.807, 2.05) is 18.2 Å². The zero-order chi connectivity index (χ0) is 15.9. The molecule has 1 aliphatic heterocycles. The topological polar surface area (TPSA) is 67.4 Å². The van der Waals surface area contributed by atoms with E-state index in [1.54, 1.807) is 13.8 Å². The van der Waals surface area contributed by atoms with E-state index in [9.17, 15) is 9.59 Å². The predicted molar refractivity (Wildman–Crippen MR) is 84.2 cm³/mol. The summed E-state index contributed by atoms with van der Waals surface area (Å²) in [6, 6.07) is 9.60. The van der Waals surface area contributed by atoms with Crippen molar-refractivity contribution in [2.75, 3.05) is 6.61 Å². The quantitative estimate of drug-likeness (QED) is 0.794. The van der Waals surface area contributed by atoms with Crippen molar-refractivity contribution >= 4 is 12.0 Å². The number of urea groups is 1. The Balaban J connectivity index is 2.01. The van der Waals surface area contributed by atoms with Crippen molar-refractivity contribution < 1.29 is 14.3 Å². The number of ether oxygens (including phenoxy) is 1. The maximum Gasteiger partial charge on any atom is 0.337 e. The third-order valence-corrected chi connectivity index (χ3v) is 3.66. The summed E-state index contributed by atoms with van der Waals surface area (Å²) in [5.41, 5.74) is 2.35. The van der Waals surface area contributed by atoms with E-state index in [2.05, 4.69) is 22.8 Å². The van der Waals surface area contributed by atoms with Crippen LogP contribution in [0.2, 0.25) is 0 Å². The minimum atomic E-state index is -0.364. The second kappa shape index (κ2) is 7.64. The first-order valence-corrected chi connectivity index (χ1v) is 7.61. The first-order valence-electron chi connectivity index (χ1n) is 7.61. The number of aryl methyl sites for hydroxylation is 1. The van der Waals surface area contributed by atoms with E-state index < -0.39 is 0 Å². The van der Waals surface area contributed by atoms with Crippen LogP contribution >= 0.6 is 0 Å². The van der Waals surface area contributed by atoms with Gasteiger partial charge in [-0.3, -0.25) is 0 Å². The molecule has 0 fully saturated rings. The lowest BCUT2D eigenvalue weighted by molar-refractivity contribution is -0.139. The Morgan fingerprint density at radius 1 is 1.27 bits per heavy atom. The van der Waals surface area contributed by atoms with E-state index >= 15 is 0 Å². The number of nitrogens with one attached hydrogen (secondary N) is 2. The molecule has 0 radical (unpaired) electrons. The normalized spacial score (nSPS) is 17.7. The van der Waals surface area contributed by atoms with Crippen molar-refractivity contribution in [2.24, 2.45) is 0 Å². The molecule has 5 heteroatoms. The average Bonchev–Trinajstić information content (AvgIpc) is 2.48. The van der Waals surface area contributed by atoms with Gasteiger partial charge in [-0.05, 0) is 38.7 Å². The minimum absolute atomic E-state index is 0.268. The Bertz CT molecular complexity index is 567. The van der Waals surface area contributed by atoms with Crippen LogP contribution in [0.5, 0.6) is 0 Å². The summed E-state index contributed by atoms with van der Waals surface area (Å²) in [4.78, 5) is 23.7. The maximum atomic E-state index is 12.1. The summed E-state index contributed by atoms with van der Waals surface area (Å²) in [5, 5.41) is 5.45. The molecule has 1 atom stereocenters. The fourth-order valence-corrected chi connectivity index (χ4v) is 2.64. The molecular formula is C17H22N2O3. The van der Waals surface area contributed by atoms with E-state index in [0.717, 1.165) is 12.8 Å². The highest BCUT2D eigenvalue weighted by molar-refractivity contribution is 5.94. The number of allylic oxidation sites excluding steroid dienone is 1. The zero-order valence-corrected chi connectivity index (χ0v) is 13.0. The Kier molecular flexibility index (Phi) is 5.58. The van der Waals surface area contributed by atoms with Gasteiger partial charge in [0.1, 0.15) is 0 Å². The molecule has 5 nitrogen and oxygen atoms in total. The zero-order valence-electron chi connectivity index (χ0n) is 13.0. The van der Waals surface area contributed by atoms with Crippen LogP contribution in [0.4, 0.5) is 4.79 Å². The van der Waals surface area contributed by atoms with Gasteiger partial charge in [0, 0.05) is 5.70 Å². The fourth-order valence-electron chi connectivity index (χ4n) is 2.64. The lowest BCUT2D eigenvalue weighted by Crippen LogP contribution is -2.50. The van der Waals surface area contributed by atoms with Crippen LogP contribution in [0, 0.1) is 0 Å². The first kappa shape index (κ1) is 16.1. The van der Waals surface area contributed by atoms with Crippen LogP contribution in [-0.2, 0) is 16.0 Å². The van der Waals surface area contributed by atoms with Crippen LogP contribution in [0.25, 0.3) is 0 Å². The monoisotopic (exact) mass is 302 g/mol. The molecule has 0 bridgehead atoms. The third-order valence-electron chi connectivity index (χ3n) is 3.66. The molecule has 0 aromatic heterocycles. The van der Waals surface area contributed by atoms with E-state index in [4.69, 9.17) is 4.74 Å². The highest BCUT2D eigenvalue weighted by Crippen LogP contribution is 2.19. The minimum Gasteiger partial charge on any atom is -0.463 e. The number of carbonyl (C=O) groups excluding carboxylic acids is 2. The van der Waals surface area contributed by atoms with Crippen molar-refractivity contribution in [3.05, 3.63) is 47.2 Å². The van der Waals surface area contributed by atoms with Crippen molar-refractivity contribution in [1.82, 2.24) is 10.6 Å². The maximum absolute atomic E-state index is 12.1. The predicted octanol–water partition coefficient (Wildman–Crippen LogP) is 2.53. The molecule has 118 valence electrons. The number of benzene rings is 1. The van der Waals surface area contributed by atoms with Gasteiger partial charge in [0.2, 0.25) is 0 Å². The van der Waals surface area contributed by atoms with Gasteiger partial charge in [0.15, 0.2) is 0 Å². The number of amides is 2. The van der Waals surface area contributed by atoms with Gasteiger partial charge < -0.3 is 15.4 Å². The fraction of sp³-hybridized carbons (Fsp3) is 0.412. The lowest BCUT2D eigenvalue weighted by atomic mass is 9.96. The van der Waals surface area contributed by atoms with Crippen molar-refractivity contribution in [2.45, 2.75) is 39.2 Å². The Labute approximate surface area is 130 Å². The molecule has 22 heavy (non-hydrogen) atoms. The molecular weight excluding hydrogens is 280 g/mol. The molecule has 1 aromatic rings. The summed E-state index contributed by atoms with van der Waals surface area (Å²) in [7, 11) is 0. The van der Waals surface area contributed by atoms with Crippen molar-refractivity contribution in [3.8, 4) is 0 Å². The summed E-state index contributed by atoms with van der Waals surface area (Å²) in [6.45, 7) is 3.82. The number of carbonyl (C=O) groups is 2. The van der Waals surface area contributed by atoms with Crippen LogP contribution in [-0.4, -0.2) is 24.6 Å². The molecule has 0 spiro atoms. The molecule has 1 aliphatic rings. The second-order valence-corrected chi connectivity index (χ2v) is 5.29. The Hall–Kier alpha value is -2.30. The van der Waals surface area contributed by atoms with Gasteiger partial charge in [0.05, 0.1) is 18.2 Å². The summed E-state index contributed by atoms with van der Waals surface area (Å²) in [5.74, 6) is -0.364. The Morgan fingerprint density at radius 3 is 2.68 bits per heavy atom. The first-order chi connectivity index (χ1) is 10.6. The van der Waals surface area contributed by atoms with E-state index in [0.29, 0.717) is 24.3 Å². The highest BCUT2D eigenvalue weighted by Gasteiger charge is 2.30. The Morgan fingerprint density at radius 2 is 2.00 bits per heavy atom. The van der Waals surface area contributed by atoms with Crippen LogP contribution in [0.3, 0.4) is 0 Å². The van der Waals surface area contributed by atoms with E-state index in [1.165, 1.54) is 5.56 Å². The highest BCUT2D eigenvalue weighted by atomic mass is 16.5. The number of hydrogen-bond donors (Lipinski definition) is 2. The van der Waals surface area contributed by atoms with Gasteiger partial charge in [-0.2, -0.15) is 0 Å². The van der Waals surface area contributed by atoms with Crippen LogP contribution in [0.1, 0.15) is 32.3 Å². The third kappa shape index (κ3) is 4.10. The van der Waals surface area contributed by atoms with Crippen molar-refractivity contribution in [3.63, 3.8) is 0 Å². The molecule has 1 aromatic carbocycles. The largest absolute Gasteiger partial charge is 0.463 e. The van der Waals surface area contributed by atoms with Gasteiger partial charge in [0.25, 0.3) is 0 Å². The number of rotatable bonds is 6. The number of hydrogen-bond acceptors (Lipinski definition) is 3. The molecule has 1 unspecified atom stereocenters. The average molecular weight is 302 g/mol. The van der Waals surface area contributed by atoms with Gasteiger partial charge in [-0.15, -0.1) is 0 Å². The summed E-state index contributed by atoms with van der Waals surface area (Å²) in [6.07, 6.45) is 2.49. The van der Waals surface area contributed by atoms with Crippen molar-refractivity contribution in [1.29, 1.82) is 0 Å². The standard InChI is InChI=1S/C17H22N2O3/c1-3-22-16(20)15-12(2)18-17(21)19-14(15)11-7-10-13-8-5-4-6-9-13/h4-6,8-9,14H,3,7,10-11H2,1-2H3,(H2,18,19,21). The van der Waals surface area contributed by atoms with Gasteiger partial charge in [-0.25, -0.2) is 9.59 Å². The molecule has 2 amide bonds. The van der Waals surface area contributed by atoms with Gasteiger partial charge >= 0.3 is 12.0 Å². The van der Waals surface area contributed by atoms with Crippen LogP contribution < -0.4 is 10.6 Å². The molecule has 0 saturated heterocycles. The second-order valence-electron chi connectivity index (χ2n) is 5.29. The lowest BCUT2D eigenvalue weighted by Gasteiger charge is -2.27. The summed E-state index contributed by atoms with van der Waals surface area (Å²) < 4.78 is 5.09. The number of esters is 1. The smallest absolute Gasteiger partial charge is 0.337 e. The van der Waals surface area contributed by atoms with Gasteiger partial charge in [-0.1, -0.05) is 30.3 Å². The van der Waals surface area contributed by atoms with E-state index in [-0.39, 0.29) is 18.0 Å². The molecule has 0 aliphatic carbocycles. The molecule has 1 heterocycles. The summed E-state index contributed by atoms with van der Waals surface area (Å²) >= 11 is 0. The SMILES string of the molecule is CCOC(=O)C1=C(C)NC(=O)NC1CCCc1ccccc1.